The lowest BCUT2D eigenvalue weighted by atomic mass is 9.79. The first-order valence-corrected chi connectivity index (χ1v) is 8.94. The first kappa shape index (κ1) is 20.1. The Labute approximate surface area is 155 Å². The number of hydrogen-bond acceptors (Lipinski definition) is 5. The molecule has 1 aromatic rings. The Balaban J connectivity index is 2.44. The number of rotatable bonds is 4. The lowest BCUT2D eigenvalue weighted by Crippen LogP contribution is -2.54. The smallest absolute Gasteiger partial charge is 0.411 e. The Morgan fingerprint density at radius 2 is 1.96 bits per heavy atom. The molecule has 0 radical (unpaired) electrons. The highest BCUT2D eigenvalue weighted by molar-refractivity contribution is 5.76. The van der Waals surface area contributed by atoms with Crippen LogP contribution in [0, 0.1) is 0 Å². The van der Waals surface area contributed by atoms with Gasteiger partial charge in [-0.3, -0.25) is 9.69 Å². The average molecular weight is 363 g/mol. The summed E-state index contributed by atoms with van der Waals surface area (Å²) in [6.45, 7) is 9.91. The van der Waals surface area contributed by atoms with Gasteiger partial charge in [0.15, 0.2) is 0 Å². The van der Waals surface area contributed by atoms with E-state index in [9.17, 15) is 9.59 Å². The minimum Gasteiger partial charge on any atom is -0.497 e. The van der Waals surface area contributed by atoms with Crippen LogP contribution in [0.3, 0.4) is 0 Å². The first-order chi connectivity index (χ1) is 12.1. The Kier molecular flexibility index (Phi) is 5.84. The predicted molar refractivity (Wildman–Crippen MR) is 98.2 cm³/mol. The third-order valence-electron chi connectivity index (χ3n) is 4.50. The van der Waals surface area contributed by atoms with E-state index >= 15 is 0 Å². The fourth-order valence-electron chi connectivity index (χ4n) is 3.35. The third-order valence-corrected chi connectivity index (χ3v) is 4.50. The van der Waals surface area contributed by atoms with Gasteiger partial charge < -0.3 is 14.2 Å². The highest BCUT2D eigenvalue weighted by atomic mass is 16.6. The summed E-state index contributed by atoms with van der Waals surface area (Å²) in [5.74, 6) is 0.417. The predicted octanol–water partition coefficient (Wildman–Crippen LogP) is 3.66. The van der Waals surface area contributed by atoms with Crippen molar-refractivity contribution in [2.75, 3.05) is 20.3 Å². The molecule has 0 aromatic heterocycles. The van der Waals surface area contributed by atoms with Crippen molar-refractivity contribution >= 4 is 12.1 Å². The highest BCUT2D eigenvalue weighted by Gasteiger charge is 2.45. The maximum Gasteiger partial charge on any atom is 0.411 e. The maximum absolute atomic E-state index is 12.8. The van der Waals surface area contributed by atoms with Crippen LogP contribution in [0.2, 0.25) is 0 Å². The normalized spacial score (nSPS) is 19.5. The summed E-state index contributed by atoms with van der Waals surface area (Å²) in [5, 5.41) is 0. The molecule has 0 fully saturated rings. The lowest BCUT2D eigenvalue weighted by molar-refractivity contribution is -0.146. The molecular formula is C20H29NO5. The number of methoxy groups -OCH3 is 1. The van der Waals surface area contributed by atoms with Gasteiger partial charge in [-0.2, -0.15) is 0 Å². The Morgan fingerprint density at radius 3 is 2.54 bits per heavy atom. The number of carbonyl (C=O) groups excluding carboxylic acids is 2. The van der Waals surface area contributed by atoms with Crippen LogP contribution in [-0.2, 0) is 26.2 Å². The summed E-state index contributed by atoms with van der Waals surface area (Å²) < 4.78 is 16.1. The molecule has 1 atom stereocenters. The van der Waals surface area contributed by atoms with E-state index in [1.807, 2.05) is 45.9 Å². The van der Waals surface area contributed by atoms with Crippen molar-refractivity contribution in [1.29, 1.82) is 0 Å². The molecule has 6 heteroatoms. The number of nitrogens with zero attached hydrogens (tertiary/aromatic N) is 1. The van der Waals surface area contributed by atoms with E-state index in [1.165, 1.54) is 0 Å². The van der Waals surface area contributed by atoms with Crippen molar-refractivity contribution in [3.63, 3.8) is 0 Å². The number of fused-ring (bicyclic) bond motifs is 1. The quantitative estimate of drug-likeness (QED) is 0.764. The molecule has 1 aliphatic heterocycles. The van der Waals surface area contributed by atoms with Gasteiger partial charge in [0, 0.05) is 6.54 Å². The molecule has 1 aliphatic rings. The third kappa shape index (κ3) is 4.29. The van der Waals surface area contributed by atoms with Crippen LogP contribution in [0.25, 0.3) is 0 Å². The molecule has 144 valence electrons. The largest absolute Gasteiger partial charge is 0.497 e. The summed E-state index contributed by atoms with van der Waals surface area (Å²) >= 11 is 0. The monoisotopic (exact) mass is 363 g/mol. The van der Waals surface area contributed by atoms with E-state index in [4.69, 9.17) is 14.2 Å². The van der Waals surface area contributed by atoms with E-state index in [2.05, 4.69) is 0 Å². The van der Waals surface area contributed by atoms with Crippen molar-refractivity contribution in [3.8, 4) is 5.75 Å². The second-order valence-electron chi connectivity index (χ2n) is 7.66. The van der Waals surface area contributed by atoms with Crippen LogP contribution in [-0.4, -0.2) is 42.8 Å². The topological polar surface area (TPSA) is 65.1 Å². The summed E-state index contributed by atoms with van der Waals surface area (Å²) in [5.41, 5.74) is 0.538. The number of carbonyl (C=O) groups is 2. The molecular weight excluding hydrogens is 334 g/mol. The van der Waals surface area contributed by atoms with Gasteiger partial charge in [0.1, 0.15) is 11.4 Å². The second-order valence-corrected chi connectivity index (χ2v) is 7.66. The van der Waals surface area contributed by atoms with Crippen LogP contribution in [0.5, 0.6) is 5.75 Å². The number of amides is 1. The second kappa shape index (κ2) is 7.56. The first-order valence-electron chi connectivity index (χ1n) is 8.94. The fraction of sp³-hybridized carbons (Fsp3) is 0.600. The molecule has 26 heavy (non-hydrogen) atoms. The standard InChI is InChI=1S/C20H29NO5/c1-7-25-17(22)13-20(5)16-9-8-15(24-6)12-14(16)10-11-21(20)18(23)26-19(2,3)4/h8-9,12H,7,10-11,13H2,1-6H3. The van der Waals surface area contributed by atoms with Crippen LogP contribution in [0.4, 0.5) is 4.79 Å². The van der Waals surface area contributed by atoms with E-state index in [0.29, 0.717) is 19.6 Å². The lowest BCUT2D eigenvalue weighted by Gasteiger charge is -2.45. The van der Waals surface area contributed by atoms with Crippen molar-refractivity contribution < 1.29 is 23.8 Å². The zero-order valence-electron chi connectivity index (χ0n) is 16.5. The van der Waals surface area contributed by atoms with Gasteiger partial charge in [0.25, 0.3) is 0 Å². The van der Waals surface area contributed by atoms with Gasteiger partial charge in [0.05, 0.1) is 25.7 Å². The molecule has 0 bridgehead atoms. The molecule has 0 aliphatic carbocycles. The van der Waals surface area contributed by atoms with E-state index in [0.717, 1.165) is 16.9 Å². The molecule has 0 spiro atoms. The molecule has 1 unspecified atom stereocenters. The van der Waals surface area contributed by atoms with Gasteiger partial charge in [-0.05, 0) is 64.3 Å². The molecule has 1 amide bonds. The Morgan fingerprint density at radius 1 is 1.27 bits per heavy atom. The average Bonchev–Trinajstić information content (AvgIpc) is 2.52. The van der Waals surface area contributed by atoms with Crippen molar-refractivity contribution in [2.24, 2.45) is 0 Å². The zero-order chi connectivity index (χ0) is 19.5. The van der Waals surface area contributed by atoms with Crippen LogP contribution in [0.1, 0.15) is 52.2 Å². The summed E-state index contributed by atoms with van der Waals surface area (Å²) in [6, 6.07) is 5.73. The SMILES string of the molecule is CCOC(=O)CC1(C)c2ccc(OC)cc2CCN1C(=O)OC(C)(C)C. The van der Waals surface area contributed by atoms with E-state index in [-0.39, 0.29) is 12.4 Å². The van der Waals surface area contributed by atoms with Crippen molar-refractivity contribution in [2.45, 2.75) is 58.6 Å². The van der Waals surface area contributed by atoms with Crippen molar-refractivity contribution in [1.82, 2.24) is 4.90 Å². The minimum absolute atomic E-state index is 0.0689. The van der Waals surface area contributed by atoms with Gasteiger partial charge in [-0.1, -0.05) is 6.07 Å². The molecule has 0 saturated carbocycles. The molecule has 1 aromatic carbocycles. The summed E-state index contributed by atoms with van der Waals surface area (Å²) in [6.07, 6.45) is 0.314. The molecule has 2 rings (SSSR count). The maximum atomic E-state index is 12.8. The summed E-state index contributed by atoms with van der Waals surface area (Å²) in [4.78, 5) is 26.7. The van der Waals surface area contributed by atoms with Gasteiger partial charge >= 0.3 is 12.1 Å². The van der Waals surface area contributed by atoms with Crippen LogP contribution in [0.15, 0.2) is 18.2 Å². The summed E-state index contributed by atoms with van der Waals surface area (Å²) in [7, 11) is 1.62. The van der Waals surface area contributed by atoms with Gasteiger partial charge in [-0.25, -0.2) is 4.79 Å². The Hall–Kier alpha value is -2.24. The number of esters is 1. The molecule has 1 heterocycles. The van der Waals surface area contributed by atoms with E-state index in [1.54, 1.807) is 18.9 Å². The number of ether oxygens (including phenoxy) is 3. The number of hydrogen-bond donors (Lipinski definition) is 0. The fourth-order valence-corrected chi connectivity index (χ4v) is 3.35. The van der Waals surface area contributed by atoms with Crippen molar-refractivity contribution in [3.05, 3.63) is 29.3 Å². The van der Waals surface area contributed by atoms with E-state index < -0.39 is 17.2 Å². The van der Waals surface area contributed by atoms with Crippen LogP contribution < -0.4 is 4.74 Å². The zero-order valence-corrected chi connectivity index (χ0v) is 16.5. The molecule has 0 saturated heterocycles. The Bertz CT molecular complexity index is 679. The van der Waals surface area contributed by atoms with Gasteiger partial charge in [0.2, 0.25) is 0 Å². The van der Waals surface area contributed by atoms with Gasteiger partial charge in [-0.15, -0.1) is 0 Å². The minimum atomic E-state index is -0.839. The number of benzene rings is 1. The molecule has 0 N–H and O–H groups in total. The highest BCUT2D eigenvalue weighted by Crippen LogP contribution is 2.40. The molecule has 6 nitrogen and oxygen atoms in total. The van der Waals surface area contributed by atoms with Crippen LogP contribution >= 0.6 is 0 Å².